The lowest BCUT2D eigenvalue weighted by molar-refractivity contribution is -0.870. The van der Waals surface area contributed by atoms with E-state index in [0.717, 1.165) is 29.6 Å². The van der Waals surface area contributed by atoms with Gasteiger partial charge in [-0.05, 0) is 69.4 Å². The summed E-state index contributed by atoms with van der Waals surface area (Å²) < 4.78 is 6.65. The van der Waals surface area contributed by atoms with Gasteiger partial charge in [-0.2, -0.15) is 0 Å². The van der Waals surface area contributed by atoms with Crippen LogP contribution >= 0.6 is 0 Å². The summed E-state index contributed by atoms with van der Waals surface area (Å²) in [7, 11) is 6.47. The number of unbranched alkanes of at least 4 members (excludes halogenated alkanes) is 10. The molecule has 0 saturated carbocycles. The van der Waals surface area contributed by atoms with Crippen molar-refractivity contribution < 1.29 is 14.0 Å². The van der Waals surface area contributed by atoms with Gasteiger partial charge < -0.3 is 9.22 Å². The van der Waals surface area contributed by atoms with Crippen molar-refractivity contribution in [3.05, 3.63) is 59.7 Å². The average molecular weight is 614 g/mol. The number of esters is 1. The van der Waals surface area contributed by atoms with Gasteiger partial charge in [-0.1, -0.05) is 127 Å². The van der Waals surface area contributed by atoms with Gasteiger partial charge in [0.05, 0.1) is 34.1 Å². The van der Waals surface area contributed by atoms with E-state index in [2.05, 4.69) is 88.4 Å². The fourth-order valence-corrected chi connectivity index (χ4v) is 6.86. The Morgan fingerprint density at radius 3 is 1.67 bits per heavy atom. The highest BCUT2D eigenvalue weighted by molar-refractivity contribution is 6.24. The zero-order valence-corrected chi connectivity index (χ0v) is 29.3. The topological polar surface area (TPSA) is 29.5 Å². The molecule has 0 N–H and O–H groups in total. The van der Waals surface area contributed by atoms with E-state index in [9.17, 15) is 4.79 Å². The van der Waals surface area contributed by atoms with Crippen LogP contribution in [0.2, 0.25) is 0 Å². The molecule has 0 spiro atoms. The Morgan fingerprint density at radius 1 is 0.622 bits per heavy atom. The Balaban J connectivity index is 1.51. The van der Waals surface area contributed by atoms with Crippen LogP contribution in [0.5, 0.6) is 0 Å². The van der Waals surface area contributed by atoms with E-state index in [0.29, 0.717) is 13.0 Å². The van der Waals surface area contributed by atoms with E-state index in [-0.39, 0.29) is 5.97 Å². The van der Waals surface area contributed by atoms with Gasteiger partial charge in [-0.15, -0.1) is 0 Å². The first-order chi connectivity index (χ1) is 21.8. The van der Waals surface area contributed by atoms with Gasteiger partial charge in [0.25, 0.3) is 0 Å². The number of quaternary nitrogens is 1. The van der Waals surface area contributed by atoms with E-state index in [1.165, 1.54) is 128 Å². The number of carbonyl (C=O) groups excluding carboxylic acids is 1. The van der Waals surface area contributed by atoms with Crippen molar-refractivity contribution in [1.82, 2.24) is 4.90 Å². The molecule has 0 saturated heterocycles. The van der Waals surface area contributed by atoms with Crippen molar-refractivity contribution in [3.8, 4) is 0 Å². The lowest BCUT2D eigenvalue weighted by Gasteiger charge is -2.24. The summed E-state index contributed by atoms with van der Waals surface area (Å²) in [5, 5.41) is 7.80. The van der Waals surface area contributed by atoms with Gasteiger partial charge in [-0.25, -0.2) is 0 Å². The van der Waals surface area contributed by atoms with Crippen molar-refractivity contribution in [1.29, 1.82) is 0 Å². The Kier molecular flexibility index (Phi) is 14.0. The highest BCUT2D eigenvalue weighted by atomic mass is 16.5. The highest BCUT2D eigenvalue weighted by Crippen LogP contribution is 2.38. The molecule has 0 bridgehead atoms. The summed E-state index contributed by atoms with van der Waals surface area (Å²) in [6, 6.07) is 18.2. The maximum Gasteiger partial charge on any atom is 0.306 e. The SMILES string of the molecule is CCCCCCCCN(CCCCCCCC)Cc1ccc2ccc3c(COC(=O)CCC[N+](C)(C)C)ccc4ccc1c2c43. The predicted molar refractivity (Wildman–Crippen MR) is 194 cm³/mol. The van der Waals surface area contributed by atoms with Gasteiger partial charge in [0.2, 0.25) is 0 Å². The second-order valence-electron chi connectivity index (χ2n) is 14.5. The summed E-state index contributed by atoms with van der Waals surface area (Å²) >= 11 is 0. The summed E-state index contributed by atoms with van der Waals surface area (Å²) in [4.78, 5) is 15.3. The van der Waals surface area contributed by atoms with Gasteiger partial charge in [0, 0.05) is 13.0 Å². The molecule has 0 aliphatic rings. The predicted octanol–water partition coefficient (Wildman–Crippen LogP) is 10.6. The first-order valence-corrected chi connectivity index (χ1v) is 18.2. The molecule has 4 nitrogen and oxygen atoms in total. The van der Waals surface area contributed by atoms with Gasteiger partial charge in [0.1, 0.15) is 6.61 Å². The van der Waals surface area contributed by atoms with Crippen LogP contribution < -0.4 is 0 Å². The third-order valence-electron chi connectivity index (χ3n) is 9.49. The minimum absolute atomic E-state index is 0.104. The Morgan fingerprint density at radius 2 is 1.11 bits per heavy atom. The number of hydrogen-bond donors (Lipinski definition) is 0. The normalized spacial score (nSPS) is 12.3. The van der Waals surface area contributed by atoms with E-state index >= 15 is 0 Å². The Hall–Kier alpha value is -2.69. The number of ether oxygens (including phenoxy) is 1. The fourth-order valence-electron chi connectivity index (χ4n) is 6.86. The zero-order chi connectivity index (χ0) is 32.1. The molecule has 0 unspecified atom stereocenters. The molecule has 0 radical (unpaired) electrons. The van der Waals surface area contributed by atoms with Crippen LogP contribution in [0.15, 0.2) is 48.5 Å². The quantitative estimate of drug-likeness (QED) is 0.0382. The smallest absolute Gasteiger partial charge is 0.306 e. The molecule has 4 aromatic rings. The van der Waals surface area contributed by atoms with Crippen LogP contribution in [0.25, 0.3) is 32.3 Å². The van der Waals surface area contributed by atoms with E-state index in [1.807, 2.05) is 0 Å². The summed E-state index contributed by atoms with van der Waals surface area (Å²) in [5.41, 5.74) is 2.53. The molecule has 246 valence electrons. The van der Waals surface area contributed by atoms with Gasteiger partial charge >= 0.3 is 5.97 Å². The second-order valence-corrected chi connectivity index (χ2v) is 14.5. The van der Waals surface area contributed by atoms with Crippen molar-refractivity contribution >= 4 is 38.3 Å². The van der Waals surface area contributed by atoms with E-state index in [1.54, 1.807) is 0 Å². The molecule has 0 amide bonds. The van der Waals surface area contributed by atoms with E-state index < -0.39 is 0 Å². The lowest BCUT2D eigenvalue weighted by Crippen LogP contribution is -2.35. The molecule has 0 aliphatic carbocycles. The number of benzene rings is 4. The summed E-state index contributed by atoms with van der Waals surface area (Å²) in [6.45, 7) is 9.27. The highest BCUT2D eigenvalue weighted by Gasteiger charge is 2.16. The van der Waals surface area contributed by atoms with Crippen LogP contribution in [0.1, 0.15) is 115 Å². The standard InChI is InChI=1S/C41H61N2O2/c1-6-8-10-12-14-16-28-42(29-17-15-13-11-9-7-2)31-35-22-20-33-25-27-38-36(32-45-39(44)19-18-30-43(3,4)5)23-21-34-24-26-37(35)40(33)41(34)38/h20-27H,6-19,28-32H2,1-5H3/q+1. The van der Waals surface area contributed by atoms with Crippen LogP contribution in [-0.2, 0) is 22.7 Å². The Bertz CT molecular complexity index is 1440. The molecule has 0 aromatic heterocycles. The van der Waals surface area contributed by atoms with Crippen molar-refractivity contribution in [2.24, 2.45) is 0 Å². The third kappa shape index (κ3) is 10.7. The third-order valence-corrected chi connectivity index (χ3v) is 9.49. The van der Waals surface area contributed by atoms with Crippen LogP contribution in [0, 0.1) is 0 Å². The molecule has 4 heteroatoms. The lowest BCUT2D eigenvalue weighted by atomic mass is 9.90. The molecule has 0 heterocycles. The van der Waals surface area contributed by atoms with Crippen molar-refractivity contribution in [2.45, 2.75) is 117 Å². The maximum atomic E-state index is 12.6. The van der Waals surface area contributed by atoms with Crippen LogP contribution in [0.4, 0.5) is 0 Å². The van der Waals surface area contributed by atoms with Crippen LogP contribution in [0.3, 0.4) is 0 Å². The van der Waals surface area contributed by atoms with Crippen molar-refractivity contribution in [3.63, 3.8) is 0 Å². The minimum atomic E-state index is -0.104. The number of carbonyl (C=O) groups is 1. The number of hydrogen-bond acceptors (Lipinski definition) is 3. The number of rotatable bonds is 22. The number of nitrogens with zero attached hydrogens (tertiary/aromatic N) is 2. The first-order valence-electron chi connectivity index (χ1n) is 18.2. The molecule has 0 fully saturated rings. The van der Waals surface area contributed by atoms with E-state index in [4.69, 9.17) is 4.74 Å². The minimum Gasteiger partial charge on any atom is -0.461 e. The molecule has 0 atom stereocenters. The fraction of sp³-hybridized carbons (Fsp3) is 0.585. The average Bonchev–Trinajstić information content (AvgIpc) is 3.02. The molecular weight excluding hydrogens is 552 g/mol. The monoisotopic (exact) mass is 613 g/mol. The summed E-state index contributed by atoms with van der Waals surface area (Å²) in [5.74, 6) is -0.104. The second kappa shape index (κ2) is 17.9. The van der Waals surface area contributed by atoms with Crippen LogP contribution in [-0.4, -0.2) is 56.1 Å². The first kappa shape index (κ1) is 35.2. The molecule has 45 heavy (non-hydrogen) atoms. The maximum absolute atomic E-state index is 12.6. The summed E-state index contributed by atoms with van der Waals surface area (Å²) in [6.07, 6.45) is 17.4. The Labute approximate surface area is 274 Å². The van der Waals surface area contributed by atoms with Gasteiger partial charge in [0.15, 0.2) is 0 Å². The molecular formula is C41H61N2O2+. The van der Waals surface area contributed by atoms with Crippen molar-refractivity contribution in [2.75, 3.05) is 40.8 Å². The molecule has 4 rings (SSSR count). The molecule has 4 aromatic carbocycles. The zero-order valence-electron chi connectivity index (χ0n) is 29.3. The largest absolute Gasteiger partial charge is 0.461 e. The molecule has 0 aliphatic heterocycles. The van der Waals surface area contributed by atoms with Gasteiger partial charge in [-0.3, -0.25) is 9.69 Å².